The van der Waals surface area contributed by atoms with Gasteiger partial charge in [0.15, 0.2) is 0 Å². The van der Waals surface area contributed by atoms with Gasteiger partial charge >= 0.3 is 6.03 Å². The van der Waals surface area contributed by atoms with Gasteiger partial charge in [-0.25, -0.2) is 17.9 Å². The number of carbonyl (C=O) groups excluding carboxylic acids is 1. The Balaban J connectivity index is 1.98. The summed E-state index contributed by atoms with van der Waals surface area (Å²) in [6, 6.07) is 6.09. The number of amides is 2. The molecule has 0 aromatic heterocycles. The molecular weight excluding hydrogens is 278 g/mol. The Morgan fingerprint density at radius 1 is 1.35 bits per heavy atom. The fourth-order valence-electron chi connectivity index (χ4n) is 2.14. The van der Waals surface area contributed by atoms with E-state index in [1.165, 1.54) is 4.90 Å². The minimum absolute atomic E-state index is 0.245. The van der Waals surface area contributed by atoms with Crippen molar-refractivity contribution < 1.29 is 13.2 Å². The van der Waals surface area contributed by atoms with Crippen LogP contribution in [-0.2, 0) is 16.4 Å². The molecule has 2 amide bonds. The van der Waals surface area contributed by atoms with Crippen LogP contribution in [0.4, 0.5) is 4.79 Å². The van der Waals surface area contributed by atoms with Gasteiger partial charge in [0.25, 0.3) is 0 Å². The van der Waals surface area contributed by atoms with Gasteiger partial charge in [0.2, 0.25) is 10.0 Å². The van der Waals surface area contributed by atoms with Crippen molar-refractivity contribution in [3.8, 4) is 0 Å². The van der Waals surface area contributed by atoms with Crippen molar-refractivity contribution in [3.63, 3.8) is 0 Å². The first-order chi connectivity index (χ1) is 9.42. The molecule has 20 heavy (non-hydrogen) atoms. The molecule has 3 N–H and O–H groups in total. The Labute approximate surface area is 119 Å². The molecule has 7 heteroatoms. The predicted molar refractivity (Wildman–Crippen MR) is 75.7 cm³/mol. The second-order valence-corrected chi connectivity index (χ2v) is 6.67. The number of carbonyl (C=O) groups is 1. The van der Waals surface area contributed by atoms with Crippen molar-refractivity contribution in [2.45, 2.75) is 30.7 Å². The zero-order valence-corrected chi connectivity index (χ0v) is 12.2. The normalized spacial score (nSPS) is 15.9. The number of sulfonamides is 1. The van der Waals surface area contributed by atoms with Gasteiger partial charge in [-0.3, -0.25) is 0 Å². The van der Waals surface area contributed by atoms with E-state index >= 15 is 0 Å². The van der Waals surface area contributed by atoms with Crippen LogP contribution in [0.5, 0.6) is 0 Å². The molecule has 0 aliphatic carbocycles. The molecule has 1 aliphatic rings. The first kappa shape index (κ1) is 14.8. The van der Waals surface area contributed by atoms with E-state index in [-0.39, 0.29) is 10.9 Å². The Bertz CT molecular complexity index is 577. The Morgan fingerprint density at radius 3 is 2.45 bits per heavy atom. The number of nitrogens with two attached hydrogens (primary N) is 1. The number of hydrogen-bond acceptors (Lipinski definition) is 3. The molecule has 0 bridgehead atoms. The number of rotatable bonds is 5. The van der Waals surface area contributed by atoms with Gasteiger partial charge in [0.1, 0.15) is 0 Å². The molecule has 0 spiro atoms. The van der Waals surface area contributed by atoms with E-state index in [4.69, 9.17) is 5.73 Å². The number of primary amides is 1. The second-order valence-electron chi connectivity index (χ2n) is 4.96. The SMILES string of the molecule is CCCc1ccc(S(=O)(=O)NC2CN(C(N)=O)C2)cc1. The standard InChI is InChI=1S/C13H19N3O3S/c1-2-3-10-4-6-12(7-5-10)20(18,19)15-11-8-16(9-11)13(14)17/h4-7,11,15H,2-3,8-9H2,1H3,(H2,14,17). The maximum absolute atomic E-state index is 12.1. The third-order valence-corrected chi connectivity index (χ3v) is 4.82. The van der Waals surface area contributed by atoms with E-state index in [0.29, 0.717) is 13.1 Å². The van der Waals surface area contributed by atoms with Crippen molar-refractivity contribution in [2.24, 2.45) is 5.73 Å². The molecule has 1 fully saturated rings. The molecule has 1 heterocycles. The van der Waals surface area contributed by atoms with Gasteiger partial charge < -0.3 is 10.6 Å². The number of nitrogens with one attached hydrogen (secondary N) is 1. The Hall–Kier alpha value is -1.60. The van der Waals surface area contributed by atoms with Crippen LogP contribution in [0.3, 0.4) is 0 Å². The monoisotopic (exact) mass is 297 g/mol. The highest BCUT2D eigenvalue weighted by Crippen LogP contribution is 2.15. The van der Waals surface area contributed by atoms with Crippen LogP contribution in [0.1, 0.15) is 18.9 Å². The lowest BCUT2D eigenvalue weighted by molar-refractivity contribution is 0.155. The van der Waals surface area contributed by atoms with Crippen molar-refractivity contribution in [2.75, 3.05) is 13.1 Å². The number of likely N-dealkylation sites (tertiary alicyclic amines) is 1. The van der Waals surface area contributed by atoms with Gasteiger partial charge in [-0.2, -0.15) is 0 Å². The summed E-state index contributed by atoms with van der Waals surface area (Å²) in [7, 11) is -3.53. The summed E-state index contributed by atoms with van der Waals surface area (Å²) in [5, 5.41) is 0. The van der Waals surface area contributed by atoms with E-state index in [2.05, 4.69) is 11.6 Å². The summed E-state index contributed by atoms with van der Waals surface area (Å²) < 4.78 is 26.8. The molecule has 6 nitrogen and oxygen atoms in total. The molecule has 1 aliphatic heterocycles. The highest BCUT2D eigenvalue weighted by molar-refractivity contribution is 7.89. The van der Waals surface area contributed by atoms with Crippen molar-refractivity contribution in [1.29, 1.82) is 0 Å². The van der Waals surface area contributed by atoms with E-state index in [1.54, 1.807) is 12.1 Å². The summed E-state index contributed by atoms with van der Waals surface area (Å²) >= 11 is 0. The fraction of sp³-hybridized carbons (Fsp3) is 0.462. The number of urea groups is 1. The lowest BCUT2D eigenvalue weighted by atomic mass is 10.1. The van der Waals surface area contributed by atoms with Crippen LogP contribution in [0.15, 0.2) is 29.2 Å². The van der Waals surface area contributed by atoms with Gasteiger partial charge in [0.05, 0.1) is 10.9 Å². The molecular formula is C13H19N3O3S. The maximum atomic E-state index is 12.1. The van der Waals surface area contributed by atoms with E-state index in [1.807, 2.05) is 12.1 Å². The quantitative estimate of drug-likeness (QED) is 0.837. The number of aryl methyl sites for hydroxylation is 1. The zero-order valence-electron chi connectivity index (χ0n) is 11.4. The molecule has 0 unspecified atom stereocenters. The van der Waals surface area contributed by atoms with Crippen molar-refractivity contribution in [1.82, 2.24) is 9.62 Å². The first-order valence-electron chi connectivity index (χ1n) is 6.58. The first-order valence-corrected chi connectivity index (χ1v) is 8.06. The third kappa shape index (κ3) is 3.29. The van der Waals surface area contributed by atoms with Crippen molar-refractivity contribution in [3.05, 3.63) is 29.8 Å². The zero-order chi connectivity index (χ0) is 14.8. The average molecular weight is 297 g/mol. The van der Waals surface area contributed by atoms with E-state index in [9.17, 15) is 13.2 Å². The lowest BCUT2D eigenvalue weighted by Gasteiger charge is -2.37. The molecule has 0 atom stereocenters. The van der Waals surface area contributed by atoms with Crippen LogP contribution < -0.4 is 10.5 Å². The van der Waals surface area contributed by atoms with Gasteiger partial charge in [-0.1, -0.05) is 25.5 Å². The topological polar surface area (TPSA) is 92.5 Å². The van der Waals surface area contributed by atoms with Crippen LogP contribution in [0, 0.1) is 0 Å². The highest BCUT2D eigenvalue weighted by atomic mass is 32.2. The third-order valence-electron chi connectivity index (χ3n) is 3.29. The highest BCUT2D eigenvalue weighted by Gasteiger charge is 2.32. The van der Waals surface area contributed by atoms with Crippen LogP contribution in [0.2, 0.25) is 0 Å². The molecule has 110 valence electrons. The molecule has 1 aromatic rings. The van der Waals surface area contributed by atoms with Crippen LogP contribution in [-0.4, -0.2) is 38.5 Å². The average Bonchev–Trinajstić information content (AvgIpc) is 2.34. The lowest BCUT2D eigenvalue weighted by Crippen LogP contribution is -2.62. The molecule has 0 radical (unpaired) electrons. The van der Waals surface area contributed by atoms with Crippen molar-refractivity contribution >= 4 is 16.1 Å². The second kappa shape index (κ2) is 5.80. The minimum atomic E-state index is -3.53. The van der Waals surface area contributed by atoms with E-state index in [0.717, 1.165) is 18.4 Å². The fourth-order valence-corrected chi connectivity index (χ4v) is 3.36. The maximum Gasteiger partial charge on any atom is 0.314 e. The van der Waals surface area contributed by atoms with Gasteiger partial charge in [-0.05, 0) is 24.1 Å². The summed E-state index contributed by atoms with van der Waals surface area (Å²) in [6.45, 7) is 2.72. The van der Waals surface area contributed by atoms with Gasteiger partial charge in [0, 0.05) is 13.1 Å². The number of hydrogen-bond donors (Lipinski definition) is 2. The summed E-state index contributed by atoms with van der Waals surface area (Å²) in [5.74, 6) is 0. The predicted octanol–water partition coefficient (Wildman–Crippen LogP) is 0.680. The summed E-state index contributed by atoms with van der Waals surface area (Å²) in [6.07, 6.45) is 1.96. The number of nitrogens with zero attached hydrogens (tertiary/aromatic N) is 1. The smallest absolute Gasteiger partial charge is 0.314 e. The molecule has 0 saturated carbocycles. The summed E-state index contributed by atoms with van der Waals surface area (Å²) in [4.78, 5) is 12.5. The molecule has 1 aromatic carbocycles. The number of benzene rings is 1. The largest absolute Gasteiger partial charge is 0.351 e. The minimum Gasteiger partial charge on any atom is -0.351 e. The van der Waals surface area contributed by atoms with Crippen LogP contribution >= 0.6 is 0 Å². The molecule has 2 rings (SSSR count). The Kier molecular flexibility index (Phi) is 4.29. The van der Waals surface area contributed by atoms with Gasteiger partial charge in [-0.15, -0.1) is 0 Å². The van der Waals surface area contributed by atoms with E-state index < -0.39 is 16.1 Å². The summed E-state index contributed by atoms with van der Waals surface area (Å²) in [5.41, 5.74) is 6.21. The van der Waals surface area contributed by atoms with Crippen LogP contribution in [0.25, 0.3) is 0 Å². The Morgan fingerprint density at radius 2 is 1.95 bits per heavy atom. The molecule has 1 saturated heterocycles.